The van der Waals surface area contributed by atoms with Gasteiger partial charge in [0.2, 0.25) is 5.91 Å². The third-order valence-corrected chi connectivity index (χ3v) is 4.13. The summed E-state index contributed by atoms with van der Waals surface area (Å²) in [5, 5.41) is 2.44. The van der Waals surface area contributed by atoms with E-state index in [0.717, 1.165) is 6.07 Å². The summed E-state index contributed by atoms with van der Waals surface area (Å²) in [5.74, 6) is -2.24. The minimum absolute atomic E-state index is 0.134. The minimum atomic E-state index is -0.890. The van der Waals surface area contributed by atoms with Crippen molar-refractivity contribution < 1.29 is 13.6 Å². The van der Waals surface area contributed by atoms with Gasteiger partial charge < -0.3 is 9.88 Å². The van der Waals surface area contributed by atoms with E-state index in [1.807, 2.05) is 0 Å². The molecule has 4 nitrogen and oxygen atoms in total. The van der Waals surface area contributed by atoms with E-state index < -0.39 is 17.5 Å². The third kappa shape index (κ3) is 4.05. The molecule has 0 spiro atoms. The molecule has 0 aliphatic carbocycles. The molecule has 0 saturated heterocycles. The predicted octanol–water partition coefficient (Wildman–Crippen LogP) is 4.19. The highest BCUT2D eigenvalue weighted by atomic mass is 79.9. The number of halogens is 3. The highest BCUT2D eigenvalue weighted by molar-refractivity contribution is 9.10. The van der Waals surface area contributed by atoms with E-state index in [9.17, 15) is 18.4 Å². The molecule has 1 N–H and O–H groups in total. The van der Waals surface area contributed by atoms with Crippen molar-refractivity contribution in [3.63, 3.8) is 0 Å². The number of pyridine rings is 1. The zero-order valence-corrected chi connectivity index (χ0v) is 15.0. The van der Waals surface area contributed by atoms with E-state index in [1.165, 1.54) is 16.8 Å². The van der Waals surface area contributed by atoms with E-state index >= 15 is 0 Å². The Kier molecular flexibility index (Phi) is 5.27. The minimum Gasteiger partial charge on any atom is -0.322 e. The highest BCUT2D eigenvalue weighted by Gasteiger charge is 2.16. The molecule has 26 heavy (non-hydrogen) atoms. The number of carbonyl (C=O) groups is 1. The summed E-state index contributed by atoms with van der Waals surface area (Å²) < 4.78 is 29.8. The van der Waals surface area contributed by atoms with Crippen LogP contribution in [-0.4, -0.2) is 10.5 Å². The summed E-state index contributed by atoms with van der Waals surface area (Å²) in [6, 6.07) is 13.3. The van der Waals surface area contributed by atoms with Gasteiger partial charge in [0.15, 0.2) is 0 Å². The number of rotatable bonds is 4. The number of carbonyl (C=O) groups excluding carboxylic acids is 1. The van der Waals surface area contributed by atoms with Gasteiger partial charge >= 0.3 is 0 Å². The number of nitrogens with one attached hydrogen (secondary N) is 1. The van der Waals surface area contributed by atoms with Gasteiger partial charge in [-0.15, -0.1) is 0 Å². The molecule has 0 bridgehead atoms. The number of nitrogens with zero attached hydrogens (tertiary/aromatic N) is 1. The highest BCUT2D eigenvalue weighted by Crippen LogP contribution is 2.31. The number of anilines is 1. The lowest BCUT2D eigenvalue weighted by Gasteiger charge is -2.13. The van der Waals surface area contributed by atoms with Crippen molar-refractivity contribution in [2.45, 2.75) is 6.54 Å². The van der Waals surface area contributed by atoms with E-state index in [4.69, 9.17) is 0 Å². The molecule has 3 aromatic rings. The second-order valence-electron chi connectivity index (χ2n) is 5.54. The summed E-state index contributed by atoms with van der Waals surface area (Å²) in [5.41, 5.74) is 0.274. The van der Waals surface area contributed by atoms with Gasteiger partial charge in [-0.3, -0.25) is 9.59 Å². The Bertz CT molecular complexity index is 1020. The number of amides is 1. The van der Waals surface area contributed by atoms with Crippen molar-refractivity contribution in [1.29, 1.82) is 0 Å². The molecule has 0 radical (unpaired) electrons. The van der Waals surface area contributed by atoms with Crippen molar-refractivity contribution in [3.05, 3.63) is 87.3 Å². The lowest BCUT2D eigenvalue weighted by molar-refractivity contribution is -0.116. The molecule has 0 saturated carbocycles. The van der Waals surface area contributed by atoms with Crippen LogP contribution in [0.5, 0.6) is 0 Å². The maximum Gasteiger partial charge on any atom is 0.251 e. The van der Waals surface area contributed by atoms with Crippen molar-refractivity contribution in [1.82, 2.24) is 4.57 Å². The average Bonchev–Trinajstić information content (AvgIpc) is 2.61. The quantitative estimate of drug-likeness (QED) is 0.690. The van der Waals surface area contributed by atoms with E-state index in [-0.39, 0.29) is 23.4 Å². The predicted molar refractivity (Wildman–Crippen MR) is 98.8 cm³/mol. The summed E-state index contributed by atoms with van der Waals surface area (Å²) in [4.78, 5) is 24.1. The maximum absolute atomic E-state index is 14.3. The van der Waals surface area contributed by atoms with Gasteiger partial charge in [-0.1, -0.05) is 30.3 Å². The smallest absolute Gasteiger partial charge is 0.251 e. The van der Waals surface area contributed by atoms with Crippen molar-refractivity contribution in [2.75, 3.05) is 5.32 Å². The SMILES string of the molecule is O=C(Cn1cc(Br)ccc1=O)Nc1c(F)cc(F)cc1-c1ccccc1. The lowest BCUT2D eigenvalue weighted by Crippen LogP contribution is -2.27. The summed E-state index contributed by atoms with van der Waals surface area (Å²) in [7, 11) is 0. The van der Waals surface area contributed by atoms with Crippen LogP contribution in [0, 0.1) is 11.6 Å². The first-order valence-electron chi connectivity index (χ1n) is 7.64. The van der Waals surface area contributed by atoms with Crippen LogP contribution >= 0.6 is 15.9 Å². The number of hydrogen-bond acceptors (Lipinski definition) is 2. The van der Waals surface area contributed by atoms with Crippen LogP contribution in [0.2, 0.25) is 0 Å². The third-order valence-electron chi connectivity index (χ3n) is 3.67. The van der Waals surface area contributed by atoms with Crippen LogP contribution < -0.4 is 10.9 Å². The Hall–Kier alpha value is -2.80. The Labute approximate surface area is 156 Å². The van der Waals surface area contributed by atoms with Crippen LogP contribution in [0.15, 0.2) is 70.1 Å². The molecule has 0 atom stereocenters. The van der Waals surface area contributed by atoms with Gasteiger partial charge in [0.1, 0.15) is 18.2 Å². The molecule has 7 heteroatoms. The molecule has 1 heterocycles. The normalized spacial score (nSPS) is 10.6. The largest absolute Gasteiger partial charge is 0.322 e. The van der Waals surface area contributed by atoms with Gasteiger partial charge in [0.25, 0.3) is 5.56 Å². The molecule has 0 aliphatic rings. The summed E-state index contributed by atoms with van der Waals surface area (Å²) in [6.45, 7) is -0.302. The van der Waals surface area contributed by atoms with E-state index in [0.29, 0.717) is 16.1 Å². The first kappa shape index (κ1) is 18.0. The van der Waals surface area contributed by atoms with E-state index in [1.54, 1.807) is 36.4 Å². The van der Waals surface area contributed by atoms with Crippen LogP contribution in [0.1, 0.15) is 0 Å². The molecule has 0 unspecified atom stereocenters. The van der Waals surface area contributed by atoms with Crippen LogP contribution in [0.4, 0.5) is 14.5 Å². The Morgan fingerprint density at radius 3 is 2.54 bits per heavy atom. The maximum atomic E-state index is 14.3. The number of hydrogen-bond donors (Lipinski definition) is 1. The fourth-order valence-electron chi connectivity index (χ4n) is 2.51. The molecule has 1 amide bonds. The Morgan fingerprint density at radius 1 is 1.08 bits per heavy atom. The standard InChI is InChI=1S/C19H13BrF2N2O2/c20-13-6-7-18(26)24(10-13)11-17(25)23-19-15(8-14(21)9-16(19)22)12-4-2-1-3-5-12/h1-10H,11H2,(H,23,25). The van der Waals surface area contributed by atoms with Gasteiger partial charge in [0.05, 0.1) is 5.69 Å². The molecule has 1 aromatic heterocycles. The fourth-order valence-corrected chi connectivity index (χ4v) is 2.88. The first-order valence-corrected chi connectivity index (χ1v) is 8.43. The van der Waals surface area contributed by atoms with Crippen LogP contribution in [-0.2, 0) is 11.3 Å². The van der Waals surface area contributed by atoms with Crippen molar-refractivity contribution in [2.24, 2.45) is 0 Å². The van der Waals surface area contributed by atoms with E-state index in [2.05, 4.69) is 21.2 Å². The Balaban J connectivity index is 1.93. The zero-order valence-electron chi connectivity index (χ0n) is 13.4. The van der Waals surface area contributed by atoms with Gasteiger partial charge in [0, 0.05) is 28.4 Å². The monoisotopic (exact) mass is 418 g/mol. The van der Waals surface area contributed by atoms with Gasteiger partial charge in [-0.25, -0.2) is 8.78 Å². The number of benzene rings is 2. The fraction of sp³-hybridized carbons (Fsp3) is 0.0526. The summed E-state index contributed by atoms with van der Waals surface area (Å²) in [6.07, 6.45) is 1.46. The van der Waals surface area contributed by atoms with Crippen LogP contribution in [0.25, 0.3) is 11.1 Å². The van der Waals surface area contributed by atoms with Crippen LogP contribution in [0.3, 0.4) is 0 Å². The Morgan fingerprint density at radius 2 is 1.81 bits per heavy atom. The topological polar surface area (TPSA) is 51.1 Å². The second-order valence-corrected chi connectivity index (χ2v) is 6.45. The molecule has 0 fully saturated rings. The second kappa shape index (κ2) is 7.61. The van der Waals surface area contributed by atoms with Gasteiger partial charge in [-0.2, -0.15) is 0 Å². The molecular formula is C19H13BrF2N2O2. The molecule has 3 rings (SSSR count). The van der Waals surface area contributed by atoms with Crippen molar-refractivity contribution in [3.8, 4) is 11.1 Å². The molecule has 132 valence electrons. The molecule has 0 aliphatic heterocycles. The van der Waals surface area contributed by atoms with Crippen molar-refractivity contribution >= 4 is 27.5 Å². The lowest BCUT2D eigenvalue weighted by atomic mass is 10.0. The first-order chi connectivity index (χ1) is 12.4. The molecule has 2 aromatic carbocycles. The van der Waals surface area contributed by atoms with Gasteiger partial charge in [-0.05, 0) is 33.6 Å². The average molecular weight is 419 g/mol. The zero-order chi connectivity index (χ0) is 18.7. The summed E-state index contributed by atoms with van der Waals surface area (Å²) >= 11 is 3.22. The molecular weight excluding hydrogens is 406 g/mol. The number of aromatic nitrogens is 1.